The predicted octanol–water partition coefficient (Wildman–Crippen LogP) is 4.67. The minimum absolute atomic E-state index is 0.392. The summed E-state index contributed by atoms with van der Waals surface area (Å²) in [7, 11) is 0. The third kappa shape index (κ3) is 6.24. The fourth-order valence-corrected chi connectivity index (χ4v) is 2.27. The summed E-state index contributed by atoms with van der Waals surface area (Å²) >= 11 is 0. The van der Waals surface area contributed by atoms with Crippen molar-refractivity contribution in [2.24, 2.45) is 11.3 Å². The predicted molar refractivity (Wildman–Crippen MR) is 85.5 cm³/mol. The maximum Gasteiger partial charge on any atom is 0.0110 e. The Bertz CT molecular complexity index is 336. The van der Waals surface area contributed by atoms with Crippen LogP contribution in [0.4, 0.5) is 0 Å². The van der Waals surface area contributed by atoms with Gasteiger partial charge in [-0.05, 0) is 42.7 Å². The van der Waals surface area contributed by atoms with Crippen molar-refractivity contribution in [2.75, 3.05) is 6.54 Å². The molecule has 0 amide bonds. The Morgan fingerprint density at radius 1 is 1.11 bits per heavy atom. The third-order valence-corrected chi connectivity index (χ3v) is 4.12. The van der Waals surface area contributed by atoms with Gasteiger partial charge in [0.1, 0.15) is 0 Å². The zero-order valence-electron chi connectivity index (χ0n) is 13.4. The molecule has 0 aromatic heterocycles. The number of hydrogen-bond donors (Lipinski definition) is 1. The van der Waals surface area contributed by atoms with Crippen LogP contribution in [0.2, 0.25) is 0 Å². The van der Waals surface area contributed by atoms with Crippen LogP contribution in [-0.4, -0.2) is 12.6 Å². The van der Waals surface area contributed by atoms with E-state index in [-0.39, 0.29) is 0 Å². The molecule has 19 heavy (non-hydrogen) atoms. The summed E-state index contributed by atoms with van der Waals surface area (Å²) in [5.41, 5.74) is 1.83. The lowest BCUT2D eigenvalue weighted by atomic mass is 9.78. The van der Waals surface area contributed by atoms with Crippen LogP contribution in [-0.2, 0) is 6.42 Å². The summed E-state index contributed by atoms with van der Waals surface area (Å²) in [6.07, 6.45) is 3.59. The normalized spacial score (nSPS) is 15.2. The minimum atomic E-state index is 0.392. The van der Waals surface area contributed by atoms with Crippen LogP contribution in [0.3, 0.4) is 0 Å². The van der Waals surface area contributed by atoms with E-state index in [2.05, 4.69) is 70.3 Å². The average Bonchev–Trinajstić information content (AvgIpc) is 2.36. The van der Waals surface area contributed by atoms with Crippen molar-refractivity contribution in [1.29, 1.82) is 0 Å². The third-order valence-electron chi connectivity index (χ3n) is 4.12. The summed E-state index contributed by atoms with van der Waals surface area (Å²) in [5.74, 6) is 0.727. The molecule has 1 aromatic rings. The molecule has 0 aliphatic rings. The Labute approximate surface area is 119 Å². The van der Waals surface area contributed by atoms with Gasteiger partial charge in [0.05, 0.1) is 0 Å². The van der Waals surface area contributed by atoms with Crippen LogP contribution < -0.4 is 5.32 Å². The van der Waals surface area contributed by atoms with Gasteiger partial charge in [-0.2, -0.15) is 0 Å². The minimum Gasteiger partial charge on any atom is -0.314 e. The molecule has 0 saturated carbocycles. The van der Waals surface area contributed by atoms with Crippen LogP contribution in [0.25, 0.3) is 0 Å². The summed E-state index contributed by atoms with van der Waals surface area (Å²) < 4.78 is 0. The molecular formula is C18H31N. The van der Waals surface area contributed by atoms with E-state index >= 15 is 0 Å². The zero-order valence-corrected chi connectivity index (χ0v) is 13.4. The number of nitrogens with one attached hydrogen (secondary N) is 1. The topological polar surface area (TPSA) is 12.0 Å². The van der Waals surface area contributed by atoms with Gasteiger partial charge in [-0.1, -0.05) is 65.0 Å². The van der Waals surface area contributed by atoms with Crippen LogP contribution in [0, 0.1) is 11.3 Å². The van der Waals surface area contributed by atoms with Crippen LogP contribution >= 0.6 is 0 Å². The van der Waals surface area contributed by atoms with Crippen LogP contribution in [0.5, 0.6) is 0 Å². The van der Waals surface area contributed by atoms with E-state index in [4.69, 9.17) is 0 Å². The van der Waals surface area contributed by atoms with E-state index in [1.54, 1.807) is 0 Å². The molecule has 1 rings (SSSR count). The van der Waals surface area contributed by atoms with Gasteiger partial charge in [-0.3, -0.25) is 0 Å². The smallest absolute Gasteiger partial charge is 0.0110 e. The second-order valence-corrected chi connectivity index (χ2v) is 6.84. The lowest BCUT2D eigenvalue weighted by Crippen LogP contribution is -2.35. The SMILES string of the molecule is CCCNC(Cc1ccccc1)CC(C)C(C)(C)C. The number of benzene rings is 1. The Kier molecular flexibility index (Phi) is 6.57. The van der Waals surface area contributed by atoms with E-state index in [0.717, 1.165) is 18.9 Å². The van der Waals surface area contributed by atoms with Crippen molar-refractivity contribution in [3.8, 4) is 0 Å². The molecule has 0 spiro atoms. The van der Waals surface area contributed by atoms with Crippen molar-refractivity contribution in [1.82, 2.24) is 5.32 Å². The molecule has 0 aliphatic carbocycles. The van der Waals surface area contributed by atoms with E-state index in [0.29, 0.717) is 11.5 Å². The second-order valence-electron chi connectivity index (χ2n) is 6.84. The standard InChI is InChI=1S/C18H31N/c1-6-12-19-17(13-15(2)18(3,4)5)14-16-10-8-7-9-11-16/h7-11,15,17,19H,6,12-14H2,1-5H3. The molecule has 0 saturated heterocycles. The highest BCUT2D eigenvalue weighted by atomic mass is 14.9. The highest BCUT2D eigenvalue weighted by molar-refractivity contribution is 5.15. The van der Waals surface area contributed by atoms with Gasteiger partial charge in [0.15, 0.2) is 0 Å². The molecule has 108 valence electrons. The Balaban J connectivity index is 2.61. The second kappa shape index (κ2) is 7.69. The average molecular weight is 261 g/mol. The molecule has 0 fully saturated rings. The van der Waals surface area contributed by atoms with E-state index in [1.807, 2.05) is 0 Å². The van der Waals surface area contributed by atoms with Crippen molar-refractivity contribution < 1.29 is 0 Å². The highest BCUT2D eigenvalue weighted by Gasteiger charge is 2.23. The monoisotopic (exact) mass is 261 g/mol. The van der Waals surface area contributed by atoms with Crippen molar-refractivity contribution in [2.45, 2.75) is 59.9 Å². The molecule has 1 N–H and O–H groups in total. The molecule has 1 aromatic carbocycles. The largest absolute Gasteiger partial charge is 0.314 e. The quantitative estimate of drug-likeness (QED) is 0.752. The molecule has 0 radical (unpaired) electrons. The maximum atomic E-state index is 3.72. The Morgan fingerprint density at radius 3 is 2.26 bits per heavy atom. The Hall–Kier alpha value is -0.820. The fourth-order valence-electron chi connectivity index (χ4n) is 2.27. The molecule has 2 unspecified atom stereocenters. The van der Waals surface area contributed by atoms with Gasteiger partial charge >= 0.3 is 0 Å². The van der Waals surface area contributed by atoms with Gasteiger partial charge in [0, 0.05) is 6.04 Å². The van der Waals surface area contributed by atoms with Crippen molar-refractivity contribution >= 4 is 0 Å². The molecule has 0 aliphatic heterocycles. The fraction of sp³-hybridized carbons (Fsp3) is 0.667. The molecule has 0 bridgehead atoms. The highest BCUT2D eigenvalue weighted by Crippen LogP contribution is 2.29. The molecule has 0 heterocycles. The summed E-state index contributed by atoms with van der Waals surface area (Å²) in [6, 6.07) is 11.4. The van der Waals surface area contributed by atoms with Gasteiger partial charge in [-0.15, -0.1) is 0 Å². The zero-order chi connectivity index (χ0) is 14.3. The van der Waals surface area contributed by atoms with Gasteiger partial charge in [0.2, 0.25) is 0 Å². The van der Waals surface area contributed by atoms with Crippen molar-refractivity contribution in [3.63, 3.8) is 0 Å². The van der Waals surface area contributed by atoms with E-state index in [9.17, 15) is 0 Å². The summed E-state index contributed by atoms with van der Waals surface area (Å²) in [5, 5.41) is 3.72. The molecule has 2 atom stereocenters. The first-order valence-corrected chi connectivity index (χ1v) is 7.70. The maximum absolute atomic E-state index is 3.72. The van der Waals surface area contributed by atoms with Gasteiger partial charge in [0.25, 0.3) is 0 Å². The summed E-state index contributed by atoms with van der Waals surface area (Å²) in [4.78, 5) is 0. The van der Waals surface area contributed by atoms with Crippen molar-refractivity contribution in [3.05, 3.63) is 35.9 Å². The first-order valence-electron chi connectivity index (χ1n) is 7.70. The van der Waals surface area contributed by atoms with Crippen LogP contribution in [0.15, 0.2) is 30.3 Å². The van der Waals surface area contributed by atoms with E-state index in [1.165, 1.54) is 18.4 Å². The number of hydrogen-bond acceptors (Lipinski definition) is 1. The first kappa shape index (κ1) is 16.2. The number of rotatable bonds is 7. The van der Waals surface area contributed by atoms with Gasteiger partial charge < -0.3 is 5.32 Å². The Morgan fingerprint density at radius 2 is 1.74 bits per heavy atom. The molecule has 1 nitrogen and oxygen atoms in total. The molecular weight excluding hydrogens is 230 g/mol. The van der Waals surface area contributed by atoms with E-state index < -0.39 is 0 Å². The summed E-state index contributed by atoms with van der Waals surface area (Å²) in [6.45, 7) is 12.8. The first-order chi connectivity index (χ1) is 8.93. The molecule has 1 heteroatoms. The van der Waals surface area contributed by atoms with Crippen LogP contribution in [0.1, 0.15) is 53.0 Å². The lowest BCUT2D eigenvalue weighted by Gasteiger charge is -2.31. The lowest BCUT2D eigenvalue weighted by molar-refractivity contribution is 0.222. The van der Waals surface area contributed by atoms with Gasteiger partial charge in [-0.25, -0.2) is 0 Å².